The van der Waals surface area contributed by atoms with Crippen LogP contribution in [0.1, 0.15) is 37.3 Å². The van der Waals surface area contributed by atoms with Crippen molar-refractivity contribution in [2.45, 2.75) is 44.7 Å². The first-order chi connectivity index (χ1) is 15.7. The second-order valence-electron chi connectivity index (χ2n) is 8.24. The lowest BCUT2D eigenvalue weighted by Gasteiger charge is -2.25. The molecule has 0 bridgehead atoms. The minimum atomic E-state index is -3.06. The number of carbonyl (C=O) groups is 3. The lowest BCUT2D eigenvalue weighted by Crippen LogP contribution is -2.54. The van der Waals surface area contributed by atoms with Gasteiger partial charge >= 0.3 is 12.1 Å². The zero-order valence-electron chi connectivity index (χ0n) is 18.3. The molecule has 1 aliphatic rings. The lowest BCUT2D eigenvalue weighted by atomic mass is 9.98. The standard InChI is InChI=1S/C24H26F2N2O5/c1-13(2)21(23(31)27-19(22(25)26)11-20(29)30)28-24(32)33-12-18-16-9-5-3-7-14(16)15-8-4-6-10-17(15)18/h3-10,13,18-19,21-22H,11-12H2,1-2H3,(H,27,31)(H,28,32)(H,29,30)/t19?,21-/m1/s1. The molecule has 33 heavy (non-hydrogen) atoms. The van der Waals surface area contributed by atoms with Crippen molar-refractivity contribution in [3.8, 4) is 11.1 Å². The van der Waals surface area contributed by atoms with E-state index >= 15 is 0 Å². The van der Waals surface area contributed by atoms with E-state index in [1.807, 2.05) is 53.8 Å². The molecule has 2 aromatic carbocycles. The molecule has 7 nitrogen and oxygen atoms in total. The molecule has 0 fully saturated rings. The molecule has 0 saturated heterocycles. The number of aliphatic carboxylic acids is 1. The zero-order chi connectivity index (χ0) is 24.1. The fourth-order valence-corrected chi connectivity index (χ4v) is 3.97. The summed E-state index contributed by atoms with van der Waals surface area (Å²) in [5.74, 6) is -2.99. The van der Waals surface area contributed by atoms with Crippen LogP contribution in [-0.2, 0) is 14.3 Å². The number of carbonyl (C=O) groups excluding carboxylic acids is 2. The first kappa shape index (κ1) is 24.2. The van der Waals surface area contributed by atoms with Crippen LogP contribution in [0.15, 0.2) is 48.5 Å². The highest BCUT2D eigenvalue weighted by Gasteiger charge is 2.32. The van der Waals surface area contributed by atoms with Crippen molar-refractivity contribution in [2.75, 3.05) is 6.61 Å². The van der Waals surface area contributed by atoms with Gasteiger partial charge in [0.2, 0.25) is 5.91 Å². The summed E-state index contributed by atoms with van der Waals surface area (Å²) < 4.78 is 31.6. The van der Waals surface area contributed by atoms with Crippen LogP contribution in [0.3, 0.4) is 0 Å². The van der Waals surface area contributed by atoms with E-state index in [0.29, 0.717) is 0 Å². The average molecular weight is 460 g/mol. The van der Waals surface area contributed by atoms with Gasteiger partial charge in [-0.05, 0) is 28.2 Å². The van der Waals surface area contributed by atoms with Crippen molar-refractivity contribution >= 4 is 18.0 Å². The monoisotopic (exact) mass is 460 g/mol. The van der Waals surface area contributed by atoms with E-state index in [1.165, 1.54) is 0 Å². The Morgan fingerprint density at radius 3 is 2.00 bits per heavy atom. The summed E-state index contributed by atoms with van der Waals surface area (Å²) in [7, 11) is 0. The van der Waals surface area contributed by atoms with Gasteiger partial charge in [-0.1, -0.05) is 62.4 Å². The second kappa shape index (κ2) is 10.4. The second-order valence-corrected chi connectivity index (χ2v) is 8.24. The van der Waals surface area contributed by atoms with E-state index in [9.17, 15) is 23.2 Å². The first-order valence-corrected chi connectivity index (χ1v) is 10.6. The smallest absolute Gasteiger partial charge is 0.407 e. The fourth-order valence-electron chi connectivity index (χ4n) is 3.97. The van der Waals surface area contributed by atoms with Gasteiger partial charge in [0.05, 0.1) is 6.42 Å². The summed E-state index contributed by atoms with van der Waals surface area (Å²) in [6.07, 6.45) is -4.86. The third-order valence-electron chi connectivity index (χ3n) is 5.59. The summed E-state index contributed by atoms with van der Waals surface area (Å²) in [4.78, 5) is 35.8. The number of benzene rings is 2. The van der Waals surface area contributed by atoms with Crippen LogP contribution in [0, 0.1) is 5.92 Å². The van der Waals surface area contributed by atoms with Crippen LogP contribution >= 0.6 is 0 Å². The van der Waals surface area contributed by atoms with Crippen LogP contribution in [0.25, 0.3) is 11.1 Å². The van der Waals surface area contributed by atoms with Gasteiger partial charge in [-0.2, -0.15) is 0 Å². The highest BCUT2D eigenvalue weighted by molar-refractivity contribution is 5.86. The normalized spacial score (nSPS) is 14.4. The molecule has 1 aliphatic carbocycles. The Bertz CT molecular complexity index is 982. The van der Waals surface area contributed by atoms with E-state index in [2.05, 4.69) is 5.32 Å². The van der Waals surface area contributed by atoms with Gasteiger partial charge in [-0.3, -0.25) is 9.59 Å². The highest BCUT2D eigenvalue weighted by atomic mass is 19.3. The Kier molecular flexibility index (Phi) is 7.63. The summed E-state index contributed by atoms with van der Waals surface area (Å²) in [6.45, 7) is 3.29. The van der Waals surface area contributed by atoms with Crippen molar-refractivity contribution in [3.05, 3.63) is 59.7 Å². The average Bonchev–Trinajstić information content (AvgIpc) is 3.08. The van der Waals surface area contributed by atoms with Crippen LogP contribution in [-0.4, -0.2) is 48.2 Å². The Morgan fingerprint density at radius 2 is 1.52 bits per heavy atom. The SMILES string of the molecule is CC(C)[C@@H](NC(=O)OCC1c2ccccc2-c2ccccc21)C(=O)NC(CC(=O)O)C(F)F. The number of carboxylic acids is 1. The summed E-state index contributed by atoms with van der Waals surface area (Å²) >= 11 is 0. The lowest BCUT2D eigenvalue weighted by molar-refractivity contribution is -0.139. The predicted octanol–water partition coefficient (Wildman–Crippen LogP) is 3.77. The van der Waals surface area contributed by atoms with Gasteiger partial charge in [0.1, 0.15) is 18.7 Å². The number of carboxylic acid groups (broad SMARTS) is 1. The van der Waals surface area contributed by atoms with E-state index < -0.39 is 48.8 Å². The molecule has 176 valence electrons. The molecule has 2 aromatic rings. The molecule has 1 unspecified atom stereocenters. The number of alkyl halides is 2. The van der Waals surface area contributed by atoms with Gasteiger partial charge in [0.15, 0.2) is 0 Å². The Labute approximate surface area is 190 Å². The van der Waals surface area contributed by atoms with Gasteiger partial charge < -0.3 is 20.5 Å². The largest absolute Gasteiger partial charge is 0.481 e. The third-order valence-corrected chi connectivity index (χ3v) is 5.59. The van der Waals surface area contributed by atoms with Crippen molar-refractivity contribution in [1.29, 1.82) is 0 Å². The molecule has 9 heteroatoms. The summed E-state index contributed by atoms with van der Waals surface area (Å²) in [5.41, 5.74) is 4.19. The Hall–Kier alpha value is -3.49. The van der Waals surface area contributed by atoms with Crippen LogP contribution < -0.4 is 10.6 Å². The first-order valence-electron chi connectivity index (χ1n) is 10.6. The van der Waals surface area contributed by atoms with Gasteiger partial charge in [-0.25, -0.2) is 13.6 Å². The Balaban J connectivity index is 1.65. The molecule has 0 saturated carbocycles. The molecule has 2 atom stereocenters. The maximum absolute atomic E-state index is 13.1. The number of nitrogens with one attached hydrogen (secondary N) is 2. The quantitative estimate of drug-likeness (QED) is 0.528. The number of hydrogen-bond donors (Lipinski definition) is 3. The highest BCUT2D eigenvalue weighted by Crippen LogP contribution is 2.44. The van der Waals surface area contributed by atoms with Crippen molar-refractivity contribution in [2.24, 2.45) is 5.92 Å². The Morgan fingerprint density at radius 1 is 0.970 bits per heavy atom. The zero-order valence-corrected chi connectivity index (χ0v) is 18.3. The molecule has 3 rings (SSSR count). The molecular formula is C24H26F2N2O5. The predicted molar refractivity (Wildman–Crippen MR) is 117 cm³/mol. The minimum Gasteiger partial charge on any atom is -0.481 e. The number of rotatable bonds is 9. The molecular weight excluding hydrogens is 434 g/mol. The van der Waals surface area contributed by atoms with Crippen LogP contribution in [0.2, 0.25) is 0 Å². The van der Waals surface area contributed by atoms with Gasteiger partial charge in [0, 0.05) is 5.92 Å². The summed E-state index contributed by atoms with van der Waals surface area (Å²) in [5, 5.41) is 13.2. The molecule has 0 radical (unpaired) electrons. The number of ether oxygens (including phenoxy) is 1. The topological polar surface area (TPSA) is 105 Å². The molecule has 0 spiro atoms. The molecule has 0 heterocycles. The fraction of sp³-hybridized carbons (Fsp3) is 0.375. The van der Waals surface area contributed by atoms with Crippen molar-refractivity contribution < 1.29 is 33.0 Å². The number of halogens is 2. The van der Waals surface area contributed by atoms with Gasteiger partial charge in [0.25, 0.3) is 6.43 Å². The third kappa shape index (κ3) is 5.66. The summed E-state index contributed by atoms with van der Waals surface area (Å²) in [6, 6.07) is 12.6. The number of fused-ring (bicyclic) bond motifs is 3. The molecule has 2 amide bonds. The van der Waals surface area contributed by atoms with E-state index in [1.54, 1.807) is 13.8 Å². The van der Waals surface area contributed by atoms with E-state index in [4.69, 9.17) is 9.84 Å². The van der Waals surface area contributed by atoms with Crippen LogP contribution in [0.5, 0.6) is 0 Å². The van der Waals surface area contributed by atoms with E-state index in [-0.39, 0.29) is 12.5 Å². The van der Waals surface area contributed by atoms with Crippen molar-refractivity contribution in [3.63, 3.8) is 0 Å². The number of amides is 2. The van der Waals surface area contributed by atoms with Gasteiger partial charge in [-0.15, -0.1) is 0 Å². The number of hydrogen-bond acceptors (Lipinski definition) is 4. The maximum atomic E-state index is 13.1. The molecule has 0 aromatic heterocycles. The van der Waals surface area contributed by atoms with Crippen LogP contribution in [0.4, 0.5) is 13.6 Å². The molecule has 3 N–H and O–H groups in total. The molecule has 0 aliphatic heterocycles. The van der Waals surface area contributed by atoms with E-state index in [0.717, 1.165) is 22.3 Å². The van der Waals surface area contributed by atoms with Crippen molar-refractivity contribution in [1.82, 2.24) is 10.6 Å². The number of alkyl carbamates (subject to hydrolysis) is 1. The minimum absolute atomic E-state index is 0.0327. The maximum Gasteiger partial charge on any atom is 0.407 e.